The van der Waals surface area contributed by atoms with Crippen molar-refractivity contribution in [2.75, 3.05) is 6.61 Å². The molecule has 0 aliphatic heterocycles. The minimum Gasteiger partial charge on any atom is -0.466 e. The summed E-state index contributed by atoms with van der Waals surface area (Å²) in [6.07, 6.45) is 11.7. The van der Waals surface area contributed by atoms with Crippen LogP contribution in [0.1, 0.15) is 39.5 Å². The third-order valence-electron chi connectivity index (χ3n) is 1.72. The Morgan fingerprint density at radius 3 is 2.43 bits per heavy atom. The number of carbonyl (C=O) groups is 1. The van der Waals surface area contributed by atoms with E-state index in [0.29, 0.717) is 13.0 Å². The van der Waals surface area contributed by atoms with Crippen LogP contribution in [-0.4, -0.2) is 12.6 Å². The van der Waals surface area contributed by atoms with Crippen LogP contribution in [0, 0.1) is 0 Å². The normalized spacial score (nSPS) is 11.3. The predicted molar refractivity (Wildman–Crippen MR) is 59.1 cm³/mol. The van der Waals surface area contributed by atoms with Gasteiger partial charge < -0.3 is 4.74 Å². The molecule has 0 aromatic rings. The van der Waals surface area contributed by atoms with Crippen LogP contribution < -0.4 is 0 Å². The Balaban J connectivity index is 3.30. The van der Waals surface area contributed by atoms with Gasteiger partial charge in [0, 0.05) is 6.42 Å². The van der Waals surface area contributed by atoms with Crippen molar-refractivity contribution in [3.05, 3.63) is 24.3 Å². The van der Waals surface area contributed by atoms with Crippen LogP contribution in [0.2, 0.25) is 0 Å². The van der Waals surface area contributed by atoms with Crippen molar-refractivity contribution in [1.82, 2.24) is 0 Å². The average Bonchev–Trinajstić information content (AvgIpc) is 2.17. The largest absolute Gasteiger partial charge is 0.466 e. The lowest BCUT2D eigenvalue weighted by Gasteiger charge is -1.97. The molecular formula is C12H20O2. The molecular weight excluding hydrogens is 176 g/mol. The van der Waals surface area contributed by atoms with Gasteiger partial charge >= 0.3 is 5.97 Å². The van der Waals surface area contributed by atoms with Crippen LogP contribution >= 0.6 is 0 Å². The van der Waals surface area contributed by atoms with E-state index < -0.39 is 0 Å². The zero-order valence-corrected chi connectivity index (χ0v) is 9.16. The zero-order valence-electron chi connectivity index (χ0n) is 9.16. The Labute approximate surface area is 86.6 Å². The van der Waals surface area contributed by atoms with Crippen molar-refractivity contribution in [3.8, 4) is 0 Å². The molecule has 0 amide bonds. The molecule has 0 saturated heterocycles. The molecule has 0 rings (SSSR count). The molecule has 0 atom stereocenters. The second-order valence-electron chi connectivity index (χ2n) is 2.96. The highest BCUT2D eigenvalue weighted by Crippen LogP contribution is 1.98. The van der Waals surface area contributed by atoms with Gasteiger partial charge in [-0.05, 0) is 33.1 Å². The maximum Gasteiger partial charge on any atom is 0.306 e. The second kappa shape index (κ2) is 10.0. The third kappa shape index (κ3) is 9.04. The Bertz CT molecular complexity index is 192. The van der Waals surface area contributed by atoms with Crippen molar-refractivity contribution in [1.29, 1.82) is 0 Å². The van der Waals surface area contributed by atoms with E-state index >= 15 is 0 Å². The van der Waals surface area contributed by atoms with Gasteiger partial charge in [-0.2, -0.15) is 0 Å². The monoisotopic (exact) mass is 196 g/mol. The number of esters is 1. The van der Waals surface area contributed by atoms with Crippen LogP contribution in [-0.2, 0) is 9.53 Å². The molecule has 0 aliphatic carbocycles. The fourth-order valence-corrected chi connectivity index (χ4v) is 1.03. The second-order valence-corrected chi connectivity index (χ2v) is 2.96. The molecule has 2 heteroatoms. The van der Waals surface area contributed by atoms with Gasteiger partial charge in [-0.25, -0.2) is 0 Å². The quantitative estimate of drug-likeness (QED) is 0.355. The molecule has 0 heterocycles. The Morgan fingerprint density at radius 1 is 1.14 bits per heavy atom. The summed E-state index contributed by atoms with van der Waals surface area (Å²) < 4.78 is 4.80. The number of unbranched alkanes of at least 4 members (excludes halogenated alkanes) is 1. The highest BCUT2D eigenvalue weighted by molar-refractivity contribution is 5.69. The summed E-state index contributed by atoms with van der Waals surface area (Å²) in [4.78, 5) is 10.9. The molecule has 14 heavy (non-hydrogen) atoms. The SMILES string of the molecule is CC=CCCC=CCCC(=O)OCC. The van der Waals surface area contributed by atoms with E-state index in [1.165, 1.54) is 0 Å². The lowest BCUT2D eigenvalue weighted by atomic mass is 10.2. The van der Waals surface area contributed by atoms with Gasteiger partial charge in [0.25, 0.3) is 0 Å². The van der Waals surface area contributed by atoms with Crippen LogP contribution in [0.25, 0.3) is 0 Å². The van der Waals surface area contributed by atoms with Gasteiger partial charge in [0.2, 0.25) is 0 Å². The minimum absolute atomic E-state index is 0.106. The van der Waals surface area contributed by atoms with Crippen LogP contribution in [0.4, 0.5) is 0 Å². The van der Waals surface area contributed by atoms with Crippen LogP contribution in [0.5, 0.6) is 0 Å². The Hall–Kier alpha value is -1.05. The highest BCUT2D eigenvalue weighted by Gasteiger charge is 1.97. The molecule has 0 bridgehead atoms. The number of carbonyl (C=O) groups excluding carboxylic acids is 1. The fourth-order valence-electron chi connectivity index (χ4n) is 1.03. The number of hydrogen-bond donors (Lipinski definition) is 0. The molecule has 80 valence electrons. The van der Waals surface area contributed by atoms with Crippen molar-refractivity contribution in [2.45, 2.75) is 39.5 Å². The number of ether oxygens (including phenoxy) is 1. The van der Waals surface area contributed by atoms with Crippen molar-refractivity contribution >= 4 is 5.97 Å². The molecule has 0 aliphatic rings. The maximum atomic E-state index is 10.9. The maximum absolute atomic E-state index is 10.9. The first-order valence-electron chi connectivity index (χ1n) is 5.23. The lowest BCUT2D eigenvalue weighted by Crippen LogP contribution is -2.02. The molecule has 0 fully saturated rings. The first-order chi connectivity index (χ1) is 6.81. The first kappa shape index (κ1) is 12.9. The summed E-state index contributed by atoms with van der Waals surface area (Å²) in [6, 6.07) is 0. The predicted octanol–water partition coefficient (Wildman–Crippen LogP) is 3.24. The zero-order chi connectivity index (χ0) is 10.6. The summed E-state index contributed by atoms with van der Waals surface area (Å²) in [6.45, 7) is 4.32. The molecule has 0 aromatic heterocycles. The fraction of sp³-hybridized carbons (Fsp3) is 0.583. The van der Waals surface area contributed by atoms with E-state index in [2.05, 4.69) is 12.2 Å². The summed E-state index contributed by atoms with van der Waals surface area (Å²) in [5.41, 5.74) is 0. The van der Waals surface area contributed by atoms with Gasteiger partial charge in [0.1, 0.15) is 0 Å². The van der Waals surface area contributed by atoms with E-state index in [9.17, 15) is 4.79 Å². The number of allylic oxidation sites excluding steroid dienone is 4. The molecule has 0 unspecified atom stereocenters. The smallest absolute Gasteiger partial charge is 0.306 e. The molecule has 0 spiro atoms. The summed E-state index contributed by atoms with van der Waals surface area (Å²) >= 11 is 0. The summed E-state index contributed by atoms with van der Waals surface area (Å²) in [5.74, 6) is -0.106. The molecule has 0 aromatic carbocycles. The number of rotatable bonds is 7. The molecule has 2 nitrogen and oxygen atoms in total. The standard InChI is InChI=1S/C12H20O2/c1-3-5-6-7-8-9-10-11-12(13)14-4-2/h3,5,8-9H,4,6-7,10-11H2,1-2H3. The topological polar surface area (TPSA) is 26.3 Å². The van der Waals surface area contributed by atoms with Gasteiger partial charge in [-0.1, -0.05) is 24.3 Å². The van der Waals surface area contributed by atoms with E-state index in [1.807, 2.05) is 26.0 Å². The van der Waals surface area contributed by atoms with Gasteiger partial charge in [0.15, 0.2) is 0 Å². The Kier molecular flexibility index (Phi) is 9.28. The number of hydrogen-bond acceptors (Lipinski definition) is 2. The van der Waals surface area contributed by atoms with Crippen molar-refractivity contribution < 1.29 is 9.53 Å². The molecule has 0 N–H and O–H groups in total. The Morgan fingerprint density at radius 2 is 1.79 bits per heavy atom. The van der Waals surface area contributed by atoms with E-state index in [4.69, 9.17) is 4.74 Å². The van der Waals surface area contributed by atoms with E-state index in [1.54, 1.807) is 0 Å². The van der Waals surface area contributed by atoms with Crippen LogP contribution in [0.3, 0.4) is 0 Å². The van der Waals surface area contributed by atoms with Crippen molar-refractivity contribution in [3.63, 3.8) is 0 Å². The lowest BCUT2D eigenvalue weighted by molar-refractivity contribution is -0.142. The van der Waals surface area contributed by atoms with Gasteiger partial charge in [-0.15, -0.1) is 0 Å². The summed E-state index contributed by atoms with van der Waals surface area (Å²) in [7, 11) is 0. The van der Waals surface area contributed by atoms with E-state index in [-0.39, 0.29) is 5.97 Å². The van der Waals surface area contributed by atoms with E-state index in [0.717, 1.165) is 19.3 Å². The first-order valence-corrected chi connectivity index (χ1v) is 5.23. The van der Waals surface area contributed by atoms with Crippen molar-refractivity contribution in [2.24, 2.45) is 0 Å². The molecule has 0 radical (unpaired) electrons. The third-order valence-corrected chi connectivity index (χ3v) is 1.72. The summed E-state index contributed by atoms with van der Waals surface area (Å²) in [5, 5.41) is 0. The minimum atomic E-state index is -0.106. The average molecular weight is 196 g/mol. The highest BCUT2D eigenvalue weighted by atomic mass is 16.5. The van der Waals surface area contributed by atoms with Gasteiger partial charge in [-0.3, -0.25) is 4.79 Å². The molecule has 0 saturated carbocycles. The van der Waals surface area contributed by atoms with Gasteiger partial charge in [0.05, 0.1) is 6.61 Å². The van der Waals surface area contributed by atoms with Crippen LogP contribution in [0.15, 0.2) is 24.3 Å².